The predicted molar refractivity (Wildman–Crippen MR) is 84.1 cm³/mol. The molecule has 1 rings (SSSR count). The maximum absolute atomic E-state index is 11.5. The van der Waals surface area contributed by atoms with Crippen LogP contribution in [0.3, 0.4) is 0 Å². The second-order valence-electron chi connectivity index (χ2n) is 4.36. The number of halogens is 1. The third-order valence-corrected chi connectivity index (χ3v) is 3.26. The standard InChI is InChI=1S/C15H19IO4/c1-2-10-19-14(17)4-3-5-15(18)20-11-12-6-8-13(16)9-7-12/h6-9H,2-5,10-11H2,1H3. The molecule has 0 aromatic heterocycles. The Morgan fingerprint density at radius 3 is 2.25 bits per heavy atom. The van der Waals surface area contributed by atoms with Crippen LogP contribution in [0.2, 0.25) is 0 Å². The van der Waals surface area contributed by atoms with Gasteiger partial charge in [-0.25, -0.2) is 0 Å². The van der Waals surface area contributed by atoms with Gasteiger partial charge in [-0.2, -0.15) is 0 Å². The number of esters is 2. The molecule has 110 valence electrons. The van der Waals surface area contributed by atoms with E-state index >= 15 is 0 Å². The van der Waals surface area contributed by atoms with Crippen LogP contribution in [-0.2, 0) is 25.7 Å². The van der Waals surface area contributed by atoms with Gasteiger partial charge in [0.1, 0.15) is 6.61 Å². The molecule has 0 aliphatic heterocycles. The third kappa shape index (κ3) is 7.47. The summed E-state index contributed by atoms with van der Waals surface area (Å²) in [5.41, 5.74) is 0.959. The Morgan fingerprint density at radius 2 is 1.65 bits per heavy atom. The highest BCUT2D eigenvalue weighted by molar-refractivity contribution is 14.1. The van der Waals surface area contributed by atoms with Gasteiger partial charge in [-0.3, -0.25) is 9.59 Å². The van der Waals surface area contributed by atoms with Crippen LogP contribution in [-0.4, -0.2) is 18.5 Å². The van der Waals surface area contributed by atoms with Crippen LogP contribution in [0, 0.1) is 3.57 Å². The molecule has 0 saturated heterocycles. The zero-order valence-electron chi connectivity index (χ0n) is 11.6. The zero-order valence-corrected chi connectivity index (χ0v) is 13.7. The largest absolute Gasteiger partial charge is 0.466 e. The highest BCUT2D eigenvalue weighted by atomic mass is 127. The van der Waals surface area contributed by atoms with E-state index < -0.39 is 0 Å². The monoisotopic (exact) mass is 390 g/mol. The molecule has 0 aliphatic carbocycles. The summed E-state index contributed by atoms with van der Waals surface area (Å²) in [6.45, 7) is 2.65. The summed E-state index contributed by atoms with van der Waals surface area (Å²) in [5, 5.41) is 0. The summed E-state index contributed by atoms with van der Waals surface area (Å²) < 4.78 is 11.2. The summed E-state index contributed by atoms with van der Waals surface area (Å²) in [5.74, 6) is -0.538. The molecule has 0 N–H and O–H groups in total. The molecular weight excluding hydrogens is 371 g/mol. The van der Waals surface area contributed by atoms with Gasteiger partial charge in [-0.05, 0) is 53.1 Å². The Hall–Kier alpha value is -1.11. The molecule has 0 unspecified atom stereocenters. The maximum Gasteiger partial charge on any atom is 0.306 e. The van der Waals surface area contributed by atoms with Gasteiger partial charge < -0.3 is 9.47 Å². The first-order valence-corrected chi connectivity index (χ1v) is 7.75. The van der Waals surface area contributed by atoms with Crippen LogP contribution >= 0.6 is 22.6 Å². The predicted octanol–water partition coefficient (Wildman–Crippen LogP) is 3.46. The maximum atomic E-state index is 11.5. The minimum absolute atomic E-state index is 0.242. The molecule has 5 heteroatoms. The number of rotatable bonds is 8. The smallest absolute Gasteiger partial charge is 0.306 e. The molecule has 0 bridgehead atoms. The lowest BCUT2D eigenvalue weighted by Crippen LogP contribution is -2.08. The second kappa shape index (κ2) is 9.74. The Kier molecular flexibility index (Phi) is 8.25. The number of carbonyl (C=O) groups excluding carboxylic acids is 2. The van der Waals surface area contributed by atoms with Gasteiger partial charge in [-0.15, -0.1) is 0 Å². The molecule has 0 spiro atoms. The van der Waals surface area contributed by atoms with Gasteiger partial charge in [-0.1, -0.05) is 19.1 Å². The fourth-order valence-corrected chi connectivity index (χ4v) is 1.84. The summed E-state index contributed by atoms with van der Waals surface area (Å²) in [6.07, 6.45) is 1.78. The minimum atomic E-state index is -0.285. The Bertz CT molecular complexity index is 428. The van der Waals surface area contributed by atoms with E-state index in [0.29, 0.717) is 13.0 Å². The molecule has 1 aromatic rings. The van der Waals surface area contributed by atoms with Crippen LogP contribution in [0.5, 0.6) is 0 Å². The number of hydrogen-bond donors (Lipinski definition) is 0. The van der Waals surface area contributed by atoms with Crippen molar-refractivity contribution in [3.8, 4) is 0 Å². The van der Waals surface area contributed by atoms with Crippen LogP contribution < -0.4 is 0 Å². The van der Waals surface area contributed by atoms with E-state index in [4.69, 9.17) is 9.47 Å². The van der Waals surface area contributed by atoms with Gasteiger partial charge in [0.15, 0.2) is 0 Å². The number of benzene rings is 1. The second-order valence-corrected chi connectivity index (χ2v) is 5.61. The molecular formula is C15H19IO4. The molecule has 20 heavy (non-hydrogen) atoms. The minimum Gasteiger partial charge on any atom is -0.466 e. The highest BCUT2D eigenvalue weighted by Crippen LogP contribution is 2.09. The summed E-state index contributed by atoms with van der Waals surface area (Å²) in [4.78, 5) is 22.7. The van der Waals surface area contributed by atoms with Crippen molar-refractivity contribution in [2.24, 2.45) is 0 Å². The van der Waals surface area contributed by atoms with Crippen LogP contribution in [0.4, 0.5) is 0 Å². The van der Waals surface area contributed by atoms with Crippen molar-refractivity contribution in [3.63, 3.8) is 0 Å². The van der Waals surface area contributed by atoms with Gasteiger partial charge in [0, 0.05) is 16.4 Å². The zero-order chi connectivity index (χ0) is 14.8. The van der Waals surface area contributed by atoms with E-state index in [-0.39, 0.29) is 31.4 Å². The van der Waals surface area contributed by atoms with Gasteiger partial charge in [0.2, 0.25) is 0 Å². The average Bonchev–Trinajstić information content (AvgIpc) is 2.44. The summed E-state index contributed by atoms with van der Waals surface area (Å²) in [7, 11) is 0. The van der Waals surface area contributed by atoms with E-state index in [9.17, 15) is 9.59 Å². The van der Waals surface area contributed by atoms with Crippen molar-refractivity contribution in [2.75, 3.05) is 6.61 Å². The summed E-state index contributed by atoms with van der Waals surface area (Å²) >= 11 is 2.22. The molecule has 1 aromatic carbocycles. The van der Waals surface area contributed by atoms with Gasteiger partial charge >= 0.3 is 11.9 Å². The number of carbonyl (C=O) groups is 2. The molecule has 0 radical (unpaired) electrons. The average molecular weight is 390 g/mol. The SMILES string of the molecule is CCCOC(=O)CCCC(=O)OCc1ccc(I)cc1. The topological polar surface area (TPSA) is 52.6 Å². The molecule has 0 atom stereocenters. The van der Waals surface area contributed by atoms with E-state index in [1.807, 2.05) is 31.2 Å². The van der Waals surface area contributed by atoms with Crippen molar-refractivity contribution < 1.29 is 19.1 Å². The van der Waals surface area contributed by atoms with E-state index in [1.165, 1.54) is 0 Å². The molecule has 0 fully saturated rings. The lowest BCUT2D eigenvalue weighted by Gasteiger charge is -2.05. The van der Waals surface area contributed by atoms with Gasteiger partial charge in [0.05, 0.1) is 6.61 Å². The molecule has 0 heterocycles. The van der Waals surface area contributed by atoms with E-state index in [0.717, 1.165) is 15.6 Å². The fraction of sp³-hybridized carbons (Fsp3) is 0.467. The van der Waals surface area contributed by atoms with Crippen LogP contribution in [0.25, 0.3) is 0 Å². The molecule has 4 nitrogen and oxygen atoms in total. The first kappa shape index (κ1) is 16.9. The Labute approximate surface area is 133 Å². The van der Waals surface area contributed by atoms with Crippen molar-refractivity contribution >= 4 is 34.5 Å². The van der Waals surface area contributed by atoms with Crippen molar-refractivity contribution in [2.45, 2.75) is 39.2 Å². The molecule has 0 amide bonds. The number of hydrogen-bond acceptors (Lipinski definition) is 4. The Balaban J connectivity index is 2.14. The summed E-state index contributed by atoms with van der Waals surface area (Å²) in [6, 6.07) is 7.79. The third-order valence-electron chi connectivity index (χ3n) is 2.54. The van der Waals surface area contributed by atoms with Crippen LogP contribution in [0.15, 0.2) is 24.3 Å². The first-order chi connectivity index (χ1) is 9.61. The van der Waals surface area contributed by atoms with Crippen LogP contribution in [0.1, 0.15) is 38.2 Å². The molecule has 0 aliphatic rings. The lowest BCUT2D eigenvalue weighted by atomic mass is 10.2. The van der Waals surface area contributed by atoms with Crippen molar-refractivity contribution in [1.82, 2.24) is 0 Å². The van der Waals surface area contributed by atoms with E-state index in [2.05, 4.69) is 22.6 Å². The van der Waals surface area contributed by atoms with Crippen molar-refractivity contribution in [1.29, 1.82) is 0 Å². The lowest BCUT2D eigenvalue weighted by molar-refractivity contribution is -0.146. The van der Waals surface area contributed by atoms with E-state index in [1.54, 1.807) is 0 Å². The quantitative estimate of drug-likeness (QED) is 0.504. The normalized spacial score (nSPS) is 10.1. The number of ether oxygens (including phenoxy) is 2. The first-order valence-electron chi connectivity index (χ1n) is 6.67. The van der Waals surface area contributed by atoms with Crippen molar-refractivity contribution in [3.05, 3.63) is 33.4 Å². The van der Waals surface area contributed by atoms with Gasteiger partial charge in [0.25, 0.3) is 0 Å². The molecule has 0 saturated carbocycles. The fourth-order valence-electron chi connectivity index (χ4n) is 1.48. The Morgan fingerprint density at radius 1 is 1.05 bits per heavy atom. The highest BCUT2D eigenvalue weighted by Gasteiger charge is 2.07.